The summed E-state index contributed by atoms with van der Waals surface area (Å²) in [7, 11) is 0. The third-order valence-corrected chi connectivity index (χ3v) is 3.65. The van der Waals surface area contributed by atoms with Gasteiger partial charge in [0.25, 0.3) is 5.91 Å². The number of rotatable bonds is 2. The van der Waals surface area contributed by atoms with Gasteiger partial charge < -0.3 is 9.73 Å². The van der Waals surface area contributed by atoms with E-state index in [0.29, 0.717) is 16.3 Å². The fourth-order valence-corrected chi connectivity index (χ4v) is 2.39. The second-order valence-electron chi connectivity index (χ2n) is 4.23. The van der Waals surface area contributed by atoms with Crippen molar-refractivity contribution in [3.05, 3.63) is 63.8 Å². The number of carbonyl (C=O) groups excluding carboxylic acids is 1. The highest BCUT2D eigenvalue weighted by atomic mass is 79.9. The first-order valence-electron chi connectivity index (χ1n) is 5.88. The van der Waals surface area contributed by atoms with Gasteiger partial charge in [-0.25, -0.2) is 0 Å². The van der Waals surface area contributed by atoms with Crippen LogP contribution in [-0.4, -0.2) is 5.91 Å². The van der Waals surface area contributed by atoms with Gasteiger partial charge in [-0.2, -0.15) is 0 Å². The molecule has 2 aromatic carbocycles. The quantitative estimate of drug-likeness (QED) is 0.698. The highest BCUT2D eigenvalue weighted by Gasteiger charge is 2.13. The van der Waals surface area contributed by atoms with Gasteiger partial charge in [-0.05, 0) is 36.4 Å². The van der Waals surface area contributed by atoms with Gasteiger partial charge in [0, 0.05) is 9.86 Å². The van der Waals surface area contributed by atoms with E-state index in [1.807, 2.05) is 18.2 Å². The smallest absolute Gasteiger partial charge is 0.291 e. The largest absolute Gasteiger partial charge is 0.451 e. The Bertz CT molecular complexity index is 797. The number of hydrogen-bond acceptors (Lipinski definition) is 2. The lowest BCUT2D eigenvalue weighted by Gasteiger charge is -2.04. The molecule has 0 saturated carbocycles. The van der Waals surface area contributed by atoms with E-state index in [1.54, 1.807) is 30.3 Å². The summed E-state index contributed by atoms with van der Waals surface area (Å²) in [6.45, 7) is 0. The van der Waals surface area contributed by atoms with Gasteiger partial charge >= 0.3 is 0 Å². The summed E-state index contributed by atoms with van der Waals surface area (Å²) in [5.41, 5.74) is 1.21. The van der Waals surface area contributed by atoms with Crippen molar-refractivity contribution < 1.29 is 9.21 Å². The average molecular weight is 351 g/mol. The Morgan fingerprint density at radius 2 is 1.95 bits per heavy atom. The van der Waals surface area contributed by atoms with Gasteiger partial charge in [-0.1, -0.05) is 39.7 Å². The minimum Gasteiger partial charge on any atom is -0.451 e. The monoisotopic (exact) mass is 349 g/mol. The number of anilines is 1. The van der Waals surface area contributed by atoms with Gasteiger partial charge in [0.2, 0.25) is 0 Å². The van der Waals surface area contributed by atoms with Crippen molar-refractivity contribution >= 4 is 50.1 Å². The van der Waals surface area contributed by atoms with Crippen LogP contribution in [0.1, 0.15) is 10.6 Å². The van der Waals surface area contributed by atoms with Crippen LogP contribution in [0.15, 0.2) is 57.4 Å². The van der Waals surface area contributed by atoms with Crippen LogP contribution in [-0.2, 0) is 0 Å². The molecule has 0 spiro atoms. The van der Waals surface area contributed by atoms with E-state index in [1.165, 1.54) is 0 Å². The van der Waals surface area contributed by atoms with Crippen molar-refractivity contribution in [3.8, 4) is 0 Å². The molecule has 1 heterocycles. The van der Waals surface area contributed by atoms with E-state index in [2.05, 4.69) is 21.2 Å². The molecule has 100 valence electrons. The predicted molar refractivity (Wildman–Crippen MR) is 83.3 cm³/mol. The second-order valence-corrected chi connectivity index (χ2v) is 5.55. The number of nitrogens with one attached hydrogen (secondary N) is 1. The van der Waals surface area contributed by atoms with Crippen LogP contribution in [0, 0.1) is 0 Å². The first kappa shape index (κ1) is 13.2. The molecule has 0 aliphatic rings. The summed E-state index contributed by atoms with van der Waals surface area (Å²) < 4.78 is 6.44. The lowest BCUT2D eigenvalue weighted by atomic mass is 10.2. The van der Waals surface area contributed by atoms with Crippen molar-refractivity contribution in [2.24, 2.45) is 0 Å². The molecular weight excluding hydrogens is 342 g/mol. The molecule has 1 aromatic heterocycles. The fraction of sp³-hybridized carbons (Fsp3) is 0. The van der Waals surface area contributed by atoms with Crippen molar-refractivity contribution in [3.63, 3.8) is 0 Å². The number of halogens is 2. The van der Waals surface area contributed by atoms with Crippen molar-refractivity contribution in [2.45, 2.75) is 0 Å². The molecule has 1 N–H and O–H groups in total. The van der Waals surface area contributed by atoms with Crippen LogP contribution in [0.4, 0.5) is 5.69 Å². The van der Waals surface area contributed by atoms with Gasteiger partial charge in [-0.15, -0.1) is 0 Å². The van der Waals surface area contributed by atoms with Crippen LogP contribution < -0.4 is 5.32 Å². The van der Waals surface area contributed by atoms with Crippen LogP contribution in [0.2, 0.25) is 5.02 Å². The Balaban J connectivity index is 1.91. The Kier molecular flexibility index (Phi) is 3.51. The molecule has 0 aliphatic carbocycles. The molecule has 0 atom stereocenters. The van der Waals surface area contributed by atoms with Gasteiger partial charge in [-0.3, -0.25) is 4.79 Å². The zero-order valence-corrected chi connectivity index (χ0v) is 12.5. The number of amides is 1. The molecule has 0 bridgehead atoms. The molecule has 5 heteroatoms. The Labute approximate surface area is 128 Å². The molecule has 0 unspecified atom stereocenters. The number of para-hydroxylation sites is 1. The molecule has 0 radical (unpaired) electrons. The van der Waals surface area contributed by atoms with Gasteiger partial charge in [0.15, 0.2) is 5.76 Å². The Hall–Kier alpha value is -1.78. The number of hydrogen-bond donors (Lipinski definition) is 1. The first-order chi connectivity index (χ1) is 9.63. The average Bonchev–Trinajstić information content (AvgIpc) is 2.84. The standard InChI is InChI=1S/C15H9BrClNO2/c16-10-6-5-9-7-14(20-13(9)8-10)15(19)18-12-4-2-1-3-11(12)17/h1-8H,(H,18,19). The second kappa shape index (κ2) is 5.31. The molecule has 0 fully saturated rings. The zero-order chi connectivity index (χ0) is 14.1. The van der Waals surface area contributed by atoms with Gasteiger partial charge in [0.1, 0.15) is 5.58 Å². The summed E-state index contributed by atoms with van der Waals surface area (Å²) in [6.07, 6.45) is 0. The molecule has 3 rings (SSSR count). The molecular formula is C15H9BrClNO2. The zero-order valence-electron chi connectivity index (χ0n) is 10.2. The summed E-state index contributed by atoms with van der Waals surface area (Å²) >= 11 is 9.37. The maximum atomic E-state index is 12.1. The lowest BCUT2D eigenvalue weighted by molar-refractivity contribution is 0.0998. The highest BCUT2D eigenvalue weighted by molar-refractivity contribution is 9.10. The lowest BCUT2D eigenvalue weighted by Crippen LogP contribution is -2.10. The van der Waals surface area contributed by atoms with Crippen molar-refractivity contribution in [2.75, 3.05) is 5.32 Å². The minimum absolute atomic E-state index is 0.248. The molecule has 1 amide bonds. The van der Waals surface area contributed by atoms with E-state index in [-0.39, 0.29) is 11.7 Å². The fourth-order valence-electron chi connectivity index (χ4n) is 1.86. The van der Waals surface area contributed by atoms with E-state index in [9.17, 15) is 4.79 Å². The Morgan fingerprint density at radius 3 is 2.75 bits per heavy atom. The first-order valence-corrected chi connectivity index (χ1v) is 7.05. The van der Waals surface area contributed by atoms with Crippen LogP contribution in [0.5, 0.6) is 0 Å². The highest BCUT2D eigenvalue weighted by Crippen LogP contribution is 2.25. The van der Waals surface area contributed by atoms with Crippen LogP contribution in [0.3, 0.4) is 0 Å². The molecule has 3 nitrogen and oxygen atoms in total. The van der Waals surface area contributed by atoms with Crippen LogP contribution >= 0.6 is 27.5 Å². The van der Waals surface area contributed by atoms with Crippen molar-refractivity contribution in [1.29, 1.82) is 0 Å². The number of benzene rings is 2. The molecule has 0 aliphatic heterocycles. The third kappa shape index (κ3) is 2.57. The predicted octanol–water partition coefficient (Wildman–Crippen LogP) is 5.10. The number of furan rings is 1. The van der Waals surface area contributed by atoms with E-state index < -0.39 is 0 Å². The Morgan fingerprint density at radius 1 is 1.15 bits per heavy atom. The number of fused-ring (bicyclic) bond motifs is 1. The van der Waals surface area contributed by atoms with Crippen LogP contribution in [0.25, 0.3) is 11.0 Å². The van der Waals surface area contributed by atoms with Crippen molar-refractivity contribution in [1.82, 2.24) is 0 Å². The summed E-state index contributed by atoms with van der Waals surface area (Å²) in [6, 6.07) is 14.4. The summed E-state index contributed by atoms with van der Waals surface area (Å²) in [5.74, 6) is -0.0801. The molecule has 0 saturated heterocycles. The van der Waals surface area contributed by atoms with Gasteiger partial charge in [0.05, 0.1) is 10.7 Å². The normalized spacial score (nSPS) is 10.7. The van der Waals surface area contributed by atoms with E-state index in [4.69, 9.17) is 16.0 Å². The summed E-state index contributed by atoms with van der Waals surface area (Å²) in [5, 5.41) is 4.08. The number of carbonyl (C=O) groups is 1. The SMILES string of the molecule is O=C(Nc1ccccc1Cl)c1cc2ccc(Br)cc2o1. The van der Waals surface area contributed by atoms with E-state index >= 15 is 0 Å². The topological polar surface area (TPSA) is 42.2 Å². The maximum absolute atomic E-state index is 12.1. The van der Waals surface area contributed by atoms with E-state index in [0.717, 1.165) is 9.86 Å². The maximum Gasteiger partial charge on any atom is 0.291 e. The molecule has 3 aromatic rings. The minimum atomic E-state index is -0.328. The third-order valence-electron chi connectivity index (χ3n) is 2.83. The summed E-state index contributed by atoms with van der Waals surface area (Å²) in [4.78, 5) is 12.1. The molecule has 20 heavy (non-hydrogen) atoms.